The predicted molar refractivity (Wildman–Crippen MR) is 112 cm³/mol. The van der Waals surface area contributed by atoms with Crippen LogP contribution in [0.4, 0.5) is 0 Å². The first kappa shape index (κ1) is 23.6. The number of ether oxygens (including phenoxy) is 1. The van der Waals surface area contributed by atoms with Gasteiger partial charge in [-0.2, -0.15) is 10.2 Å². The zero-order valence-corrected chi connectivity index (χ0v) is 17.6. The van der Waals surface area contributed by atoms with Crippen LogP contribution in [-0.4, -0.2) is 44.9 Å². The average molecular weight is 434 g/mol. The van der Waals surface area contributed by atoms with E-state index in [-0.39, 0.29) is 30.8 Å². The molecular formula is C17H25Cl2N5O2S. The zero-order chi connectivity index (χ0) is 17.8. The highest BCUT2D eigenvalue weighted by Gasteiger charge is 2.32. The van der Waals surface area contributed by atoms with Crippen LogP contribution in [0.15, 0.2) is 17.7 Å². The minimum absolute atomic E-state index is 0. The van der Waals surface area contributed by atoms with E-state index in [4.69, 9.17) is 15.6 Å². The number of nitrogens with zero attached hydrogens (tertiary/aromatic N) is 3. The van der Waals surface area contributed by atoms with Crippen molar-refractivity contribution in [2.24, 2.45) is 5.73 Å². The second kappa shape index (κ2) is 10.8. The smallest absolute Gasteiger partial charge is 0.356 e. The van der Waals surface area contributed by atoms with Gasteiger partial charge < -0.3 is 10.5 Å². The first-order chi connectivity index (χ1) is 12.2. The molecule has 0 spiro atoms. The number of hydrogen-bond donors (Lipinski definition) is 2. The van der Waals surface area contributed by atoms with E-state index in [0.29, 0.717) is 25.4 Å². The molecule has 2 heterocycles. The highest BCUT2D eigenvalue weighted by molar-refractivity contribution is 7.99. The maximum Gasteiger partial charge on any atom is 0.356 e. The van der Waals surface area contributed by atoms with Crippen LogP contribution >= 0.6 is 36.6 Å². The third kappa shape index (κ3) is 4.68. The number of carbonyl (C=O) groups is 1. The van der Waals surface area contributed by atoms with Gasteiger partial charge in [0.05, 0.1) is 12.2 Å². The highest BCUT2D eigenvalue weighted by Crippen LogP contribution is 2.39. The van der Waals surface area contributed by atoms with Crippen LogP contribution in [-0.2, 0) is 24.1 Å². The second-order valence-electron chi connectivity index (χ2n) is 5.74. The second-order valence-corrected chi connectivity index (χ2v) is 6.75. The Morgan fingerprint density at radius 2 is 2.22 bits per heavy atom. The molecule has 0 bridgehead atoms. The molecule has 0 aliphatic heterocycles. The van der Waals surface area contributed by atoms with Crippen LogP contribution in [0.2, 0.25) is 0 Å². The van der Waals surface area contributed by atoms with Crippen molar-refractivity contribution in [1.82, 2.24) is 20.0 Å². The molecule has 0 fully saturated rings. The SMILES string of the molecule is C=CCSc1n[nH]c2c1-c1nn(CCCN)c(C(=O)OCC)c1CC2.Cl.Cl. The Bertz CT molecular complexity index is 791. The molecule has 2 aromatic rings. The quantitative estimate of drug-likeness (QED) is 0.377. The third-order valence-electron chi connectivity index (χ3n) is 4.10. The Morgan fingerprint density at radius 1 is 1.44 bits per heavy atom. The van der Waals surface area contributed by atoms with Crippen molar-refractivity contribution < 1.29 is 9.53 Å². The summed E-state index contributed by atoms with van der Waals surface area (Å²) < 4.78 is 7.01. The van der Waals surface area contributed by atoms with Gasteiger partial charge in [0.15, 0.2) is 0 Å². The van der Waals surface area contributed by atoms with E-state index < -0.39 is 0 Å². The van der Waals surface area contributed by atoms with E-state index in [1.807, 2.05) is 13.0 Å². The maximum atomic E-state index is 12.5. The van der Waals surface area contributed by atoms with Crippen LogP contribution in [0.5, 0.6) is 0 Å². The van der Waals surface area contributed by atoms with Gasteiger partial charge in [0.1, 0.15) is 16.4 Å². The van der Waals surface area contributed by atoms with Gasteiger partial charge in [0, 0.05) is 23.6 Å². The Hall–Kier alpha value is -1.48. The number of hydrogen-bond acceptors (Lipinski definition) is 6. The number of rotatable bonds is 8. The number of halogens is 2. The van der Waals surface area contributed by atoms with Gasteiger partial charge in [-0.05, 0) is 32.7 Å². The molecule has 7 nitrogen and oxygen atoms in total. The van der Waals surface area contributed by atoms with Gasteiger partial charge in [0.2, 0.25) is 0 Å². The first-order valence-electron chi connectivity index (χ1n) is 8.49. The summed E-state index contributed by atoms with van der Waals surface area (Å²) in [5.74, 6) is 0.450. The van der Waals surface area contributed by atoms with Crippen molar-refractivity contribution in [3.05, 3.63) is 29.6 Å². The van der Waals surface area contributed by atoms with E-state index in [9.17, 15) is 4.79 Å². The number of fused-ring (bicyclic) bond motifs is 3. The summed E-state index contributed by atoms with van der Waals surface area (Å²) in [7, 11) is 0. The van der Waals surface area contributed by atoms with Gasteiger partial charge in [-0.1, -0.05) is 17.8 Å². The molecular weight excluding hydrogens is 409 g/mol. The van der Waals surface area contributed by atoms with Gasteiger partial charge >= 0.3 is 5.97 Å². The summed E-state index contributed by atoms with van der Waals surface area (Å²) in [5.41, 5.74) is 10.0. The molecule has 0 atom stereocenters. The van der Waals surface area contributed by atoms with Crippen LogP contribution in [0.25, 0.3) is 11.3 Å². The zero-order valence-electron chi connectivity index (χ0n) is 15.2. The largest absolute Gasteiger partial charge is 0.461 e. The number of nitrogens with one attached hydrogen (secondary N) is 1. The summed E-state index contributed by atoms with van der Waals surface area (Å²) in [6, 6.07) is 0. The van der Waals surface area contributed by atoms with E-state index in [1.165, 1.54) is 0 Å². The standard InChI is InChI=1S/C17H23N5O2S.2ClH/c1-3-10-25-16-13-12(19-20-16)7-6-11-14(13)21-22(9-5-8-18)15(11)17(23)24-4-2;;/h3H,1,4-10,18H2,2H3,(H,19,20);2*1H. The van der Waals surface area contributed by atoms with Crippen molar-refractivity contribution in [1.29, 1.82) is 0 Å². The summed E-state index contributed by atoms with van der Waals surface area (Å²) >= 11 is 1.61. The Balaban J connectivity index is 0.00000182. The number of thioether (sulfide) groups is 1. The summed E-state index contributed by atoms with van der Waals surface area (Å²) in [6.07, 6.45) is 4.15. The number of aromatic amines is 1. The van der Waals surface area contributed by atoms with Crippen LogP contribution in [0.3, 0.4) is 0 Å². The minimum Gasteiger partial charge on any atom is -0.461 e. The monoisotopic (exact) mass is 433 g/mol. The normalized spacial score (nSPS) is 11.6. The molecule has 0 saturated heterocycles. The molecule has 2 aromatic heterocycles. The van der Waals surface area contributed by atoms with Crippen molar-refractivity contribution in [3.8, 4) is 11.3 Å². The molecule has 0 amide bonds. The number of esters is 1. The molecule has 27 heavy (non-hydrogen) atoms. The predicted octanol–water partition coefficient (Wildman–Crippen LogP) is 3.02. The van der Waals surface area contributed by atoms with Gasteiger partial charge in [-0.15, -0.1) is 31.4 Å². The van der Waals surface area contributed by atoms with Gasteiger partial charge in [-0.25, -0.2) is 4.79 Å². The molecule has 150 valence electrons. The first-order valence-corrected chi connectivity index (χ1v) is 9.47. The summed E-state index contributed by atoms with van der Waals surface area (Å²) in [4.78, 5) is 12.5. The highest BCUT2D eigenvalue weighted by atomic mass is 35.5. The van der Waals surface area contributed by atoms with E-state index in [2.05, 4.69) is 16.8 Å². The number of carbonyl (C=O) groups excluding carboxylic acids is 1. The molecule has 3 N–H and O–H groups in total. The summed E-state index contributed by atoms with van der Waals surface area (Å²) in [5, 5.41) is 13.2. The number of aryl methyl sites for hydroxylation is 2. The Kier molecular flexibility index (Phi) is 9.38. The third-order valence-corrected chi connectivity index (χ3v) is 5.07. The molecule has 0 aromatic carbocycles. The Morgan fingerprint density at radius 3 is 2.89 bits per heavy atom. The van der Waals surface area contributed by atoms with Gasteiger partial charge in [0.25, 0.3) is 0 Å². The lowest BCUT2D eigenvalue weighted by Crippen LogP contribution is -2.17. The van der Waals surface area contributed by atoms with E-state index in [1.54, 1.807) is 16.4 Å². The molecule has 10 heteroatoms. The lowest BCUT2D eigenvalue weighted by Gasteiger charge is -2.12. The fourth-order valence-corrected chi connectivity index (χ4v) is 3.79. The molecule has 0 saturated carbocycles. The van der Waals surface area contributed by atoms with Crippen molar-refractivity contribution in [3.63, 3.8) is 0 Å². The molecule has 1 aliphatic carbocycles. The van der Waals surface area contributed by atoms with E-state index >= 15 is 0 Å². The van der Waals surface area contributed by atoms with Gasteiger partial charge in [-0.3, -0.25) is 9.78 Å². The summed E-state index contributed by atoms with van der Waals surface area (Å²) in [6.45, 7) is 7.05. The molecule has 0 radical (unpaired) electrons. The van der Waals surface area contributed by atoms with Crippen LogP contribution in [0.1, 0.15) is 35.1 Å². The number of aromatic nitrogens is 4. The van der Waals surface area contributed by atoms with Crippen molar-refractivity contribution in [2.45, 2.75) is 37.8 Å². The van der Waals surface area contributed by atoms with Crippen molar-refractivity contribution in [2.75, 3.05) is 18.9 Å². The Labute approximate surface area is 175 Å². The fourth-order valence-electron chi connectivity index (χ4n) is 3.04. The average Bonchev–Trinajstić information content (AvgIpc) is 3.18. The lowest BCUT2D eigenvalue weighted by atomic mass is 9.94. The number of nitrogens with two attached hydrogens (primary N) is 1. The number of H-pyrrole nitrogens is 1. The fraction of sp³-hybridized carbons (Fsp3) is 0.471. The van der Waals surface area contributed by atoms with Crippen molar-refractivity contribution >= 4 is 42.5 Å². The maximum absolute atomic E-state index is 12.5. The van der Waals surface area contributed by atoms with E-state index in [0.717, 1.165) is 52.6 Å². The molecule has 3 rings (SSSR count). The van der Waals surface area contributed by atoms with Crippen LogP contribution < -0.4 is 5.73 Å². The molecule has 1 aliphatic rings. The minimum atomic E-state index is -0.319. The molecule has 0 unspecified atom stereocenters. The lowest BCUT2D eigenvalue weighted by molar-refractivity contribution is 0.0510. The topological polar surface area (TPSA) is 98.8 Å². The van der Waals surface area contributed by atoms with Crippen LogP contribution in [0, 0.1) is 0 Å².